The number of methoxy groups -OCH3 is 2. The van der Waals surface area contributed by atoms with E-state index in [9.17, 15) is 0 Å². The van der Waals surface area contributed by atoms with Gasteiger partial charge in [0.1, 0.15) is 28.5 Å². The highest BCUT2D eigenvalue weighted by molar-refractivity contribution is 5.90. The van der Waals surface area contributed by atoms with Gasteiger partial charge in [-0.2, -0.15) is 4.98 Å². The van der Waals surface area contributed by atoms with E-state index in [1.54, 1.807) is 14.2 Å². The van der Waals surface area contributed by atoms with Gasteiger partial charge in [0.05, 0.1) is 25.6 Å². The van der Waals surface area contributed by atoms with E-state index < -0.39 is 0 Å². The summed E-state index contributed by atoms with van der Waals surface area (Å²) >= 11 is 0. The largest absolute Gasteiger partial charge is 0.497 e. The number of benzene rings is 1. The highest BCUT2D eigenvalue weighted by Crippen LogP contribution is 2.34. The Bertz CT molecular complexity index is 845. The Morgan fingerprint density at radius 1 is 1.17 bits per heavy atom. The van der Waals surface area contributed by atoms with Crippen LogP contribution in [-0.2, 0) is 6.42 Å². The number of nitrogens with one attached hydrogen (secondary N) is 1. The minimum absolute atomic E-state index is 0.471. The van der Waals surface area contributed by atoms with Gasteiger partial charge in [-0.15, -0.1) is 0 Å². The second-order valence-corrected chi connectivity index (χ2v) is 4.97. The van der Waals surface area contributed by atoms with Gasteiger partial charge in [0, 0.05) is 6.07 Å². The summed E-state index contributed by atoms with van der Waals surface area (Å²) in [5.41, 5.74) is 2.03. The molecule has 23 heavy (non-hydrogen) atoms. The smallest absolute Gasteiger partial charge is 0.263 e. The first kappa shape index (κ1) is 15.1. The van der Waals surface area contributed by atoms with Crippen LogP contribution in [0.25, 0.3) is 11.1 Å². The lowest BCUT2D eigenvalue weighted by Crippen LogP contribution is -2.01. The standard InChI is InChI=1S/C16H18N4O3/c1-5-11-14-15(17-9(2)18-16(14)23-20-11)19-12-8-10(21-3)6-7-13(12)22-4/h6-8H,5H2,1-4H3,(H,17,18,19). The molecule has 3 aromatic rings. The summed E-state index contributed by atoms with van der Waals surface area (Å²) in [7, 11) is 3.23. The molecule has 0 unspecified atom stereocenters. The second kappa shape index (κ2) is 6.12. The topological polar surface area (TPSA) is 82.3 Å². The van der Waals surface area contributed by atoms with Crippen molar-refractivity contribution in [3.8, 4) is 11.5 Å². The van der Waals surface area contributed by atoms with Crippen LogP contribution in [-0.4, -0.2) is 29.3 Å². The first-order valence-corrected chi connectivity index (χ1v) is 7.28. The first-order chi connectivity index (χ1) is 11.2. The van der Waals surface area contributed by atoms with Gasteiger partial charge in [-0.1, -0.05) is 12.1 Å². The van der Waals surface area contributed by atoms with Crippen LogP contribution in [0.1, 0.15) is 18.4 Å². The average molecular weight is 314 g/mol. The Morgan fingerprint density at radius 3 is 2.70 bits per heavy atom. The van der Waals surface area contributed by atoms with Crippen LogP contribution in [0.4, 0.5) is 11.5 Å². The van der Waals surface area contributed by atoms with E-state index in [2.05, 4.69) is 20.4 Å². The fraction of sp³-hybridized carbons (Fsp3) is 0.312. The fourth-order valence-corrected chi connectivity index (χ4v) is 2.39. The van der Waals surface area contributed by atoms with Crippen LogP contribution in [0.2, 0.25) is 0 Å². The quantitative estimate of drug-likeness (QED) is 0.774. The first-order valence-electron chi connectivity index (χ1n) is 7.28. The molecule has 2 heterocycles. The van der Waals surface area contributed by atoms with Crippen LogP contribution in [0.3, 0.4) is 0 Å². The number of aromatic nitrogens is 3. The number of hydrogen-bond donors (Lipinski definition) is 1. The zero-order chi connectivity index (χ0) is 16.4. The maximum Gasteiger partial charge on any atom is 0.263 e. The molecule has 0 saturated heterocycles. The SMILES string of the molecule is CCc1noc2nc(C)nc(Nc3cc(OC)ccc3OC)c12. The molecule has 0 atom stereocenters. The van der Waals surface area contributed by atoms with E-state index >= 15 is 0 Å². The molecule has 1 aromatic carbocycles. The molecule has 7 heteroatoms. The lowest BCUT2D eigenvalue weighted by Gasteiger charge is -2.13. The number of nitrogens with zero attached hydrogens (tertiary/aromatic N) is 3. The average Bonchev–Trinajstić information content (AvgIpc) is 2.97. The minimum Gasteiger partial charge on any atom is -0.497 e. The number of anilines is 2. The molecule has 0 aliphatic heterocycles. The molecule has 0 spiro atoms. The predicted molar refractivity (Wildman–Crippen MR) is 86.5 cm³/mol. The van der Waals surface area contributed by atoms with Crippen molar-refractivity contribution >= 4 is 22.6 Å². The summed E-state index contributed by atoms with van der Waals surface area (Å²) in [4.78, 5) is 8.78. The van der Waals surface area contributed by atoms with E-state index in [-0.39, 0.29) is 0 Å². The van der Waals surface area contributed by atoms with Crippen molar-refractivity contribution in [2.45, 2.75) is 20.3 Å². The lowest BCUT2D eigenvalue weighted by molar-refractivity contribution is 0.405. The van der Waals surface area contributed by atoms with E-state index in [0.29, 0.717) is 23.1 Å². The molecule has 0 radical (unpaired) electrons. The van der Waals surface area contributed by atoms with Crippen molar-refractivity contribution in [1.82, 2.24) is 15.1 Å². The van der Waals surface area contributed by atoms with Crippen LogP contribution in [0.5, 0.6) is 11.5 Å². The third-order valence-electron chi connectivity index (χ3n) is 3.51. The monoisotopic (exact) mass is 314 g/mol. The van der Waals surface area contributed by atoms with Crippen molar-refractivity contribution < 1.29 is 14.0 Å². The molecule has 0 bridgehead atoms. The van der Waals surface area contributed by atoms with Crippen LogP contribution in [0, 0.1) is 6.92 Å². The molecule has 1 N–H and O–H groups in total. The van der Waals surface area contributed by atoms with Crippen molar-refractivity contribution in [3.63, 3.8) is 0 Å². The molecule has 0 amide bonds. The third-order valence-corrected chi connectivity index (χ3v) is 3.51. The van der Waals surface area contributed by atoms with Crippen molar-refractivity contribution in [3.05, 3.63) is 29.7 Å². The Morgan fingerprint density at radius 2 is 2.00 bits per heavy atom. The minimum atomic E-state index is 0.471. The molecule has 120 valence electrons. The Balaban J connectivity index is 2.13. The normalized spacial score (nSPS) is 10.8. The molecule has 3 rings (SSSR count). The Hall–Kier alpha value is -2.83. The fourth-order valence-electron chi connectivity index (χ4n) is 2.39. The van der Waals surface area contributed by atoms with Gasteiger partial charge in [-0.25, -0.2) is 4.98 Å². The Labute approximate surface area is 133 Å². The van der Waals surface area contributed by atoms with Crippen LogP contribution >= 0.6 is 0 Å². The van der Waals surface area contributed by atoms with Gasteiger partial charge in [0.2, 0.25) is 0 Å². The van der Waals surface area contributed by atoms with Crippen molar-refractivity contribution in [2.75, 3.05) is 19.5 Å². The van der Waals surface area contributed by atoms with E-state index in [1.807, 2.05) is 32.0 Å². The van der Waals surface area contributed by atoms with Crippen LogP contribution < -0.4 is 14.8 Å². The number of ether oxygens (including phenoxy) is 2. The lowest BCUT2D eigenvalue weighted by atomic mass is 10.2. The van der Waals surface area contributed by atoms with Gasteiger partial charge in [-0.3, -0.25) is 0 Å². The number of hydrogen-bond acceptors (Lipinski definition) is 7. The summed E-state index contributed by atoms with van der Waals surface area (Å²) in [6.45, 7) is 3.81. The summed E-state index contributed by atoms with van der Waals surface area (Å²) in [6, 6.07) is 5.52. The summed E-state index contributed by atoms with van der Waals surface area (Å²) in [6.07, 6.45) is 0.726. The second-order valence-electron chi connectivity index (χ2n) is 4.97. The maximum atomic E-state index is 5.40. The summed E-state index contributed by atoms with van der Waals surface area (Å²) < 4.78 is 16.0. The molecular formula is C16H18N4O3. The van der Waals surface area contributed by atoms with Gasteiger partial charge >= 0.3 is 0 Å². The molecule has 0 aliphatic rings. The summed E-state index contributed by atoms with van der Waals surface area (Å²) in [5, 5.41) is 8.13. The summed E-state index contributed by atoms with van der Waals surface area (Å²) in [5.74, 6) is 2.64. The molecule has 0 saturated carbocycles. The van der Waals surface area contributed by atoms with E-state index in [4.69, 9.17) is 14.0 Å². The molecule has 7 nitrogen and oxygen atoms in total. The third kappa shape index (κ3) is 2.77. The number of fused-ring (bicyclic) bond motifs is 1. The highest BCUT2D eigenvalue weighted by Gasteiger charge is 2.17. The van der Waals surface area contributed by atoms with Gasteiger partial charge in [0.25, 0.3) is 5.71 Å². The molecular weight excluding hydrogens is 296 g/mol. The number of rotatable bonds is 5. The van der Waals surface area contributed by atoms with Crippen LogP contribution in [0.15, 0.2) is 22.7 Å². The van der Waals surface area contributed by atoms with Gasteiger partial charge in [0.15, 0.2) is 0 Å². The van der Waals surface area contributed by atoms with Gasteiger partial charge < -0.3 is 19.3 Å². The van der Waals surface area contributed by atoms with E-state index in [0.717, 1.165) is 28.9 Å². The predicted octanol–water partition coefficient (Wildman–Crippen LogP) is 3.25. The van der Waals surface area contributed by atoms with Gasteiger partial charge in [-0.05, 0) is 25.5 Å². The zero-order valence-electron chi connectivity index (χ0n) is 13.5. The maximum absolute atomic E-state index is 5.40. The zero-order valence-corrected chi connectivity index (χ0v) is 13.5. The molecule has 0 fully saturated rings. The molecule has 0 aliphatic carbocycles. The Kier molecular flexibility index (Phi) is 4.01. The van der Waals surface area contributed by atoms with E-state index in [1.165, 1.54) is 0 Å². The molecule has 2 aromatic heterocycles. The van der Waals surface area contributed by atoms with Crippen molar-refractivity contribution in [1.29, 1.82) is 0 Å². The van der Waals surface area contributed by atoms with Crippen molar-refractivity contribution in [2.24, 2.45) is 0 Å². The number of aryl methyl sites for hydroxylation is 2. The highest BCUT2D eigenvalue weighted by atomic mass is 16.5.